The van der Waals surface area contributed by atoms with Gasteiger partial charge in [0.2, 0.25) is 5.91 Å². The van der Waals surface area contributed by atoms with Gasteiger partial charge in [0.25, 0.3) is 0 Å². The molecule has 3 aromatic carbocycles. The van der Waals surface area contributed by atoms with Gasteiger partial charge in [-0.1, -0.05) is 90.5 Å². The molecule has 1 heterocycles. The molecule has 35 heavy (non-hydrogen) atoms. The number of nitrogens with two attached hydrogens (primary N) is 1. The van der Waals surface area contributed by atoms with E-state index in [1.807, 2.05) is 93.6 Å². The number of carbonyl (C=O) groups is 3. The number of aryl methyl sites for hydroxylation is 1. The fraction of sp³-hybridized carbons (Fsp3) is 0.276. The van der Waals surface area contributed by atoms with Crippen LogP contribution in [0.5, 0.6) is 0 Å². The average molecular weight is 470 g/mol. The zero-order chi connectivity index (χ0) is 25.1. The van der Waals surface area contributed by atoms with Gasteiger partial charge in [-0.2, -0.15) is 0 Å². The number of nitrogens with zero attached hydrogens (tertiary/aromatic N) is 1. The number of Topliss-reactive ketones (excluding diaryl/α,β-unsaturated/α-hetero) is 1. The molecule has 4 atom stereocenters. The number of rotatable bonds is 6. The van der Waals surface area contributed by atoms with Crippen molar-refractivity contribution < 1.29 is 14.4 Å². The molecular weight excluding hydrogens is 438 g/mol. The minimum Gasteiger partial charge on any atom is -0.368 e. The predicted molar refractivity (Wildman–Crippen MR) is 136 cm³/mol. The van der Waals surface area contributed by atoms with Crippen LogP contribution in [0.1, 0.15) is 52.9 Å². The summed E-state index contributed by atoms with van der Waals surface area (Å²) in [6.45, 7) is 5.69. The zero-order valence-corrected chi connectivity index (χ0v) is 20.2. The van der Waals surface area contributed by atoms with Gasteiger partial charge in [0.15, 0.2) is 5.78 Å². The van der Waals surface area contributed by atoms with Crippen molar-refractivity contribution in [2.75, 3.05) is 0 Å². The number of urea groups is 1. The zero-order valence-electron chi connectivity index (χ0n) is 20.2. The van der Waals surface area contributed by atoms with E-state index in [0.29, 0.717) is 5.56 Å². The monoisotopic (exact) mass is 469 g/mol. The smallest absolute Gasteiger partial charge is 0.318 e. The molecule has 180 valence electrons. The van der Waals surface area contributed by atoms with Crippen LogP contribution in [0, 0.1) is 12.8 Å². The summed E-state index contributed by atoms with van der Waals surface area (Å²) in [5, 5.41) is 2.92. The molecule has 0 aromatic heterocycles. The SMILES string of the molecule is Cc1ccc(C2C(C(=O)c3ccccc3)C(c3ccccc3)C(C(N)=O)N2C(=O)NC(C)C)cc1. The Hall–Kier alpha value is -3.93. The lowest BCUT2D eigenvalue weighted by Crippen LogP contribution is -2.51. The Kier molecular flexibility index (Phi) is 7.01. The van der Waals surface area contributed by atoms with Crippen LogP contribution in [0.3, 0.4) is 0 Å². The molecule has 0 spiro atoms. The quantitative estimate of drug-likeness (QED) is 0.517. The van der Waals surface area contributed by atoms with Gasteiger partial charge >= 0.3 is 6.03 Å². The molecule has 1 saturated heterocycles. The van der Waals surface area contributed by atoms with Crippen molar-refractivity contribution in [3.05, 3.63) is 107 Å². The number of amides is 3. The number of likely N-dealkylation sites (tertiary alicyclic amines) is 1. The van der Waals surface area contributed by atoms with E-state index in [0.717, 1.165) is 16.7 Å². The van der Waals surface area contributed by atoms with E-state index in [-0.39, 0.29) is 11.8 Å². The lowest BCUT2D eigenvalue weighted by atomic mass is 9.76. The van der Waals surface area contributed by atoms with Crippen LogP contribution in [0.2, 0.25) is 0 Å². The molecule has 4 rings (SSSR count). The largest absolute Gasteiger partial charge is 0.368 e. The minimum atomic E-state index is -1.000. The molecule has 0 saturated carbocycles. The molecule has 3 N–H and O–H groups in total. The summed E-state index contributed by atoms with van der Waals surface area (Å²) in [6.07, 6.45) is 0. The van der Waals surface area contributed by atoms with Gasteiger partial charge in [0.1, 0.15) is 6.04 Å². The minimum absolute atomic E-state index is 0.129. The van der Waals surface area contributed by atoms with Gasteiger partial charge in [-0.25, -0.2) is 4.79 Å². The van der Waals surface area contributed by atoms with Crippen molar-refractivity contribution in [3.8, 4) is 0 Å². The third-order valence-corrected chi connectivity index (χ3v) is 6.57. The Morgan fingerprint density at radius 2 is 1.40 bits per heavy atom. The van der Waals surface area contributed by atoms with E-state index >= 15 is 0 Å². The maximum absolute atomic E-state index is 14.1. The number of carbonyl (C=O) groups excluding carboxylic acids is 3. The fourth-order valence-corrected chi connectivity index (χ4v) is 5.10. The van der Waals surface area contributed by atoms with Crippen LogP contribution in [0.4, 0.5) is 4.79 Å². The number of nitrogens with one attached hydrogen (secondary N) is 1. The van der Waals surface area contributed by atoms with E-state index in [9.17, 15) is 14.4 Å². The van der Waals surface area contributed by atoms with E-state index in [4.69, 9.17) is 5.73 Å². The maximum Gasteiger partial charge on any atom is 0.318 e. The summed E-state index contributed by atoms with van der Waals surface area (Å²) in [5.41, 5.74) is 9.15. The normalized spacial score (nSPS) is 21.7. The van der Waals surface area contributed by atoms with Crippen molar-refractivity contribution in [1.82, 2.24) is 10.2 Å². The van der Waals surface area contributed by atoms with E-state index in [1.54, 1.807) is 12.1 Å². The molecule has 3 aromatic rings. The molecule has 1 aliphatic rings. The van der Waals surface area contributed by atoms with Crippen molar-refractivity contribution >= 4 is 17.7 Å². The third kappa shape index (κ3) is 4.83. The highest BCUT2D eigenvalue weighted by molar-refractivity contribution is 6.01. The number of ketones is 1. The van der Waals surface area contributed by atoms with Crippen LogP contribution < -0.4 is 11.1 Å². The highest BCUT2D eigenvalue weighted by atomic mass is 16.2. The molecule has 6 nitrogen and oxygen atoms in total. The topological polar surface area (TPSA) is 92.5 Å². The van der Waals surface area contributed by atoms with Crippen molar-refractivity contribution in [3.63, 3.8) is 0 Å². The van der Waals surface area contributed by atoms with Crippen molar-refractivity contribution in [2.45, 2.75) is 44.8 Å². The summed E-state index contributed by atoms with van der Waals surface area (Å²) >= 11 is 0. The fourth-order valence-electron chi connectivity index (χ4n) is 5.10. The summed E-state index contributed by atoms with van der Waals surface area (Å²) in [4.78, 5) is 42.2. The highest BCUT2D eigenvalue weighted by Crippen LogP contribution is 2.51. The predicted octanol–water partition coefficient (Wildman–Crippen LogP) is 4.61. The molecule has 1 fully saturated rings. The molecule has 0 radical (unpaired) electrons. The Labute approximate surface area is 206 Å². The molecule has 4 unspecified atom stereocenters. The standard InChI is InChI=1S/C29H31N3O3/c1-18(2)31-29(35)32-25(21-16-14-19(3)15-17-21)24(27(33)22-12-8-5-9-13-22)23(26(32)28(30)34)20-10-6-4-7-11-20/h4-18,23-26H,1-3H3,(H2,30,34)(H,31,35). The van der Waals surface area contributed by atoms with E-state index in [1.165, 1.54) is 4.90 Å². The number of hydrogen-bond donors (Lipinski definition) is 2. The number of primary amides is 1. The van der Waals surface area contributed by atoms with Crippen molar-refractivity contribution in [2.24, 2.45) is 11.7 Å². The second-order valence-corrected chi connectivity index (χ2v) is 9.41. The molecule has 1 aliphatic heterocycles. The van der Waals surface area contributed by atoms with Crippen LogP contribution in [-0.2, 0) is 4.79 Å². The first kappa shape index (κ1) is 24.2. The lowest BCUT2D eigenvalue weighted by molar-refractivity contribution is -0.122. The molecule has 6 heteroatoms. The number of benzene rings is 3. The number of hydrogen-bond acceptors (Lipinski definition) is 3. The molecule has 0 aliphatic carbocycles. The van der Waals surface area contributed by atoms with Gasteiger partial charge in [-0.05, 0) is 31.9 Å². The second-order valence-electron chi connectivity index (χ2n) is 9.41. The third-order valence-electron chi connectivity index (χ3n) is 6.57. The first-order valence-corrected chi connectivity index (χ1v) is 11.9. The van der Waals surface area contributed by atoms with Crippen LogP contribution in [0.15, 0.2) is 84.9 Å². The van der Waals surface area contributed by atoms with Crippen molar-refractivity contribution in [1.29, 1.82) is 0 Å². The summed E-state index contributed by atoms with van der Waals surface area (Å²) in [6, 6.07) is 23.9. The van der Waals surface area contributed by atoms with Gasteiger partial charge in [-0.3, -0.25) is 9.59 Å². The summed E-state index contributed by atoms with van der Waals surface area (Å²) in [5.74, 6) is -2.09. The Balaban J connectivity index is 1.97. The van der Waals surface area contributed by atoms with E-state index in [2.05, 4.69) is 5.32 Å². The van der Waals surface area contributed by atoms with Crippen LogP contribution in [-0.4, -0.2) is 34.7 Å². The molecule has 3 amide bonds. The first-order valence-electron chi connectivity index (χ1n) is 11.9. The summed E-state index contributed by atoms with van der Waals surface area (Å²) < 4.78 is 0. The van der Waals surface area contributed by atoms with Gasteiger partial charge in [-0.15, -0.1) is 0 Å². The van der Waals surface area contributed by atoms with Gasteiger partial charge < -0.3 is 16.0 Å². The lowest BCUT2D eigenvalue weighted by Gasteiger charge is -2.31. The van der Waals surface area contributed by atoms with Crippen LogP contribution in [0.25, 0.3) is 0 Å². The van der Waals surface area contributed by atoms with E-state index < -0.39 is 35.9 Å². The Bertz CT molecular complexity index is 1190. The molecular formula is C29H31N3O3. The average Bonchev–Trinajstić information content (AvgIpc) is 3.21. The Morgan fingerprint density at radius 3 is 1.94 bits per heavy atom. The van der Waals surface area contributed by atoms with Crippen LogP contribution >= 0.6 is 0 Å². The van der Waals surface area contributed by atoms with Gasteiger partial charge in [0.05, 0.1) is 12.0 Å². The highest BCUT2D eigenvalue weighted by Gasteiger charge is 2.57. The summed E-state index contributed by atoms with van der Waals surface area (Å²) in [7, 11) is 0. The maximum atomic E-state index is 14.1. The second kappa shape index (κ2) is 10.1. The first-order chi connectivity index (χ1) is 16.8. The Morgan fingerprint density at radius 1 is 0.829 bits per heavy atom. The molecule has 0 bridgehead atoms. The van der Waals surface area contributed by atoms with Gasteiger partial charge in [0, 0.05) is 17.5 Å².